The molecule has 0 unspecified atom stereocenters. The van der Waals surface area contributed by atoms with Crippen molar-refractivity contribution in [3.63, 3.8) is 0 Å². The second kappa shape index (κ2) is 7.27. The van der Waals surface area contributed by atoms with E-state index in [1.807, 2.05) is 39.8 Å². The molecule has 0 aliphatic rings. The molecule has 2 N–H and O–H groups in total. The van der Waals surface area contributed by atoms with E-state index in [0.717, 1.165) is 5.56 Å². The van der Waals surface area contributed by atoms with Gasteiger partial charge in [-0.2, -0.15) is 0 Å². The smallest absolute Gasteiger partial charge is 0.261 e. The van der Waals surface area contributed by atoms with Crippen LogP contribution < -0.4 is 10.0 Å². The van der Waals surface area contributed by atoms with E-state index in [4.69, 9.17) is 0 Å². The van der Waals surface area contributed by atoms with Crippen LogP contribution >= 0.6 is 0 Å². The van der Waals surface area contributed by atoms with Gasteiger partial charge in [0.25, 0.3) is 15.9 Å². The monoisotopic (exact) mass is 360 g/mol. The Bertz CT molecular complexity index is 868. The Hall–Kier alpha value is -2.34. The molecule has 0 radical (unpaired) electrons. The fourth-order valence-corrected chi connectivity index (χ4v) is 3.50. The highest BCUT2D eigenvalue weighted by molar-refractivity contribution is 7.92. The maximum atomic E-state index is 12.7. The molecule has 0 spiro atoms. The Balaban J connectivity index is 2.31. The molecule has 0 atom stereocenters. The number of anilines is 1. The second-order valence-corrected chi connectivity index (χ2v) is 8.53. The lowest BCUT2D eigenvalue weighted by molar-refractivity contribution is 0.0919. The van der Waals surface area contributed by atoms with E-state index in [9.17, 15) is 13.2 Å². The third-order valence-electron chi connectivity index (χ3n) is 3.54. The molecular weight excluding hydrogens is 336 g/mol. The summed E-state index contributed by atoms with van der Waals surface area (Å²) in [7, 11) is -3.78. The van der Waals surface area contributed by atoms with Crippen LogP contribution in [0.25, 0.3) is 0 Å². The SMILES string of the molecule is CCc1ccccc1NS(=O)(=O)c1cccc(C(=O)NC(C)(C)C)c1. The zero-order valence-electron chi connectivity index (χ0n) is 15.0. The molecule has 0 aromatic heterocycles. The van der Waals surface area contributed by atoms with Crippen molar-refractivity contribution in [3.05, 3.63) is 59.7 Å². The summed E-state index contributed by atoms with van der Waals surface area (Å²) in [6, 6.07) is 13.3. The summed E-state index contributed by atoms with van der Waals surface area (Å²) >= 11 is 0. The van der Waals surface area contributed by atoms with E-state index < -0.39 is 15.6 Å². The molecule has 0 saturated carbocycles. The van der Waals surface area contributed by atoms with Crippen LogP contribution in [-0.4, -0.2) is 19.9 Å². The fourth-order valence-electron chi connectivity index (χ4n) is 2.35. The molecule has 0 saturated heterocycles. The number of sulfonamides is 1. The molecule has 2 rings (SSSR count). The number of para-hydroxylation sites is 1. The Labute approximate surface area is 149 Å². The van der Waals surface area contributed by atoms with Crippen LogP contribution in [0.2, 0.25) is 0 Å². The molecule has 0 fully saturated rings. The minimum absolute atomic E-state index is 0.0555. The maximum Gasteiger partial charge on any atom is 0.261 e. The first-order chi connectivity index (χ1) is 11.6. The Morgan fingerprint density at radius 1 is 1.04 bits per heavy atom. The summed E-state index contributed by atoms with van der Waals surface area (Å²) < 4.78 is 28.0. The summed E-state index contributed by atoms with van der Waals surface area (Å²) in [5.41, 5.74) is 1.37. The number of aryl methyl sites for hydroxylation is 1. The van der Waals surface area contributed by atoms with Gasteiger partial charge in [0.15, 0.2) is 0 Å². The van der Waals surface area contributed by atoms with E-state index >= 15 is 0 Å². The predicted octanol–water partition coefficient (Wildman–Crippen LogP) is 3.58. The van der Waals surface area contributed by atoms with E-state index in [-0.39, 0.29) is 10.8 Å². The van der Waals surface area contributed by atoms with Gasteiger partial charge in [-0.15, -0.1) is 0 Å². The zero-order valence-corrected chi connectivity index (χ0v) is 15.8. The average molecular weight is 360 g/mol. The lowest BCUT2D eigenvalue weighted by Crippen LogP contribution is -2.40. The van der Waals surface area contributed by atoms with Gasteiger partial charge in [-0.25, -0.2) is 8.42 Å². The lowest BCUT2D eigenvalue weighted by Gasteiger charge is -2.20. The highest BCUT2D eigenvalue weighted by Gasteiger charge is 2.19. The normalized spacial score (nSPS) is 11.8. The Morgan fingerprint density at radius 3 is 2.36 bits per heavy atom. The molecule has 5 nitrogen and oxygen atoms in total. The average Bonchev–Trinajstić information content (AvgIpc) is 2.53. The van der Waals surface area contributed by atoms with Crippen molar-refractivity contribution in [2.75, 3.05) is 4.72 Å². The number of nitrogens with one attached hydrogen (secondary N) is 2. The zero-order chi connectivity index (χ0) is 18.7. The summed E-state index contributed by atoms with van der Waals surface area (Å²) in [4.78, 5) is 12.3. The molecule has 2 aromatic carbocycles. The Kier molecular flexibility index (Phi) is 5.52. The quantitative estimate of drug-likeness (QED) is 0.856. The number of hydrogen-bond acceptors (Lipinski definition) is 3. The minimum Gasteiger partial charge on any atom is -0.347 e. The summed E-state index contributed by atoms with van der Waals surface area (Å²) in [6.45, 7) is 7.57. The number of carbonyl (C=O) groups excluding carboxylic acids is 1. The number of rotatable bonds is 5. The number of hydrogen-bond donors (Lipinski definition) is 2. The van der Waals surface area contributed by atoms with Crippen LogP contribution in [-0.2, 0) is 16.4 Å². The lowest BCUT2D eigenvalue weighted by atomic mass is 10.1. The first kappa shape index (κ1) is 19.0. The van der Waals surface area contributed by atoms with Gasteiger partial charge in [-0.1, -0.05) is 31.2 Å². The van der Waals surface area contributed by atoms with Crippen molar-refractivity contribution >= 4 is 21.6 Å². The van der Waals surface area contributed by atoms with Gasteiger partial charge in [0.1, 0.15) is 0 Å². The van der Waals surface area contributed by atoms with Crippen molar-refractivity contribution in [2.24, 2.45) is 0 Å². The summed E-state index contributed by atoms with van der Waals surface area (Å²) in [5.74, 6) is -0.307. The molecule has 25 heavy (non-hydrogen) atoms. The highest BCUT2D eigenvalue weighted by atomic mass is 32.2. The van der Waals surface area contributed by atoms with E-state index in [0.29, 0.717) is 17.7 Å². The molecule has 2 aromatic rings. The third-order valence-corrected chi connectivity index (χ3v) is 4.90. The van der Waals surface area contributed by atoms with Crippen molar-refractivity contribution in [3.8, 4) is 0 Å². The van der Waals surface area contributed by atoms with Gasteiger partial charge in [0.05, 0.1) is 10.6 Å². The molecule has 0 aliphatic heterocycles. The number of carbonyl (C=O) groups is 1. The summed E-state index contributed by atoms with van der Waals surface area (Å²) in [6.07, 6.45) is 0.715. The molecule has 0 aliphatic carbocycles. The molecule has 0 heterocycles. The van der Waals surface area contributed by atoms with Crippen LogP contribution in [0.5, 0.6) is 0 Å². The fraction of sp³-hybridized carbons (Fsp3) is 0.316. The molecule has 1 amide bonds. The van der Waals surface area contributed by atoms with Crippen LogP contribution in [0.15, 0.2) is 53.4 Å². The largest absolute Gasteiger partial charge is 0.347 e. The van der Waals surface area contributed by atoms with Gasteiger partial charge in [-0.05, 0) is 57.0 Å². The van der Waals surface area contributed by atoms with Gasteiger partial charge >= 0.3 is 0 Å². The molecular formula is C19H24N2O3S. The van der Waals surface area contributed by atoms with Crippen molar-refractivity contribution in [2.45, 2.75) is 44.6 Å². The van der Waals surface area contributed by atoms with Crippen molar-refractivity contribution < 1.29 is 13.2 Å². The van der Waals surface area contributed by atoms with Gasteiger partial charge < -0.3 is 5.32 Å². The molecule has 134 valence electrons. The first-order valence-corrected chi connectivity index (χ1v) is 9.64. The third kappa shape index (κ3) is 5.06. The highest BCUT2D eigenvalue weighted by Crippen LogP contribution is 2.21. The van der Waals surface area contributed by atoms with Crippen LogP contribution in [0, 0.1) is 0 Å². The van der Waals surface area contributed by atoms with Crippen molar-refractivity contribution in [1.82, 2.24) is 5.32 Å². The van der Waals surface area contributed by atoms with Crippen LogP contribution in [0.4, 0.5) is 5.69 Å². The van der Waals surface area contributed by atoms with E-state index in [2.05, 4.69) is 10.0 Å². The van der Waals surface area contributed by atoms with E-state index in [1.54, 1.807) is 24.3 Å². The number of amides is 1. The minimum atomic E-state index is -3.78. The standard InChI is InChI=1S/C19H24N2O3S/c1-5-14-9-6-7-12-17(14)21-25(23,24)16-11-8-10-15(13-16)18(22)20-19(2,3)4/h6-13,21H,5H2,1-4H3,(H,20,22). The van der Waals surface area contributed by atoms with Gasteiger partial charge in [0, 0.05) is 11.1 Å². The second-order valence-electron chi connectivity index (χ2n) is 6.85. The number of benzene rings is 2. The maximum absolute atomic E-state index is 12.7. The van der Waals surface area contributed by atoms with Crippen LogP contribution in [0.3, 0.4) is 0 Å². The summed E-state index contributed by atoms with van der Waals surface area (Å²) in [5, 5.41) is 2.83. The predicted molar refractivity (Wildman–Crippen MR) is 100 cm³/mol. The Morgan fingerprint density at radius 2 is 1.72 bits per heavy atom. The van der Waals surface area contributed by atoms with Gasteiger partial charge in [-0.3, -0.25) is 9.52 Å². The topological polar surface area (TPSA) is 75.3 Å². The molecule has 0 bridgehead atoms. The van der Waals surface area contributed by atoms with Gasteiger partial charge in [0.2, 0.25) is 0 Å². The van der Waals surface area contributed by atoms with Crippen LogP contribution in [0.1, 0.15) is 43.6 Å². The van der Waals surface area contributed by atoms with E-state index in [1.165, 1.54) is 12.1 Å². The first-order valence-electron chi connectivity index (χ1n) is 8.16. The molecule has 6 heteroatoms. The van der Waals surface area contributed by atoms with Crippen molar-refractivity contribution in [1.29, 1.82) is 0 Å².